The summed E-state index contributed by atoms with van der Waals surface area (Å²) in [6.45, 7) is 1.46. The lowest BCUT2D eigenvalue weighted by atomic mass is 10.0. The van der Waals surface area contributed by atoms with Gasteiger partial charge >= 0.3 is 5.97 Å². The first-order valence-corrected chi connectivity index (χ1v) is 5.49. The summed E-state index contributed by atoms with van der Waals surface area (Å²) in [7, 11) is 0. The van der Waals surface area contributed by atoms with Crippen molar-refractivity contribution in [3.63, 3.8) is 0 Å². The van der Waals surface area contributed by atoms with Crippen molar-refractivity contribution in [3.05, 3.63) is 17.8 Å². The highest BCUT2D eigenvalue weighted by Gasteiger charge is 2.20. The van der Waals surface area contributed by atoms with Crippen LogP contribution in [0.4, 0.5) is 0 Å². The van der Waals surface area contributed by atoms with Crippen molar-refractivity contribution in [1.82, 2.24) is 4.98 Å². The number of rotatable bonds is 4. The van der Waals surface area contributed by atoms with Crippen molar-refractivity contribution in [2.24, 2.45) is 0 Å². The third-order valence-electron chi connectivity index (χ3n) is 2.67. The number of hydrogen-bond donors (Lipinski definition) is 1. The Bertz CT molecular complexity index is 355. The van der Waals surface area contributed by atoms with Crippen LogP contribution in [-0.2, 0) is 16.0 Å². The van der Waals surface area contributed by atoms with Crippen LogP contribution in [0, 0.1) is 0 Å². The van der Waals surface area contributed by atoms with Crippen molar-refractivity contribution in [2.75, 3.05) is 13.2 Å². The van der Waals surface area contributed by atoms with Crippen molar-refractivity contribution in [2.45, 2.75) is 31.6 Å². The summed E-state index contributed by atoms with van der Waals surface area (Å²) in [6, 6.07) is 0. The highest BCUT2D eigenvalue weighted by Crippen LogP contribution is 2.24. The van der Waals surface area contributed by atoms with Gasteiger partial charge in [-0.15, -0.1) is 0 Å². The minimum atomic E-state index is -0.814. The van der Waals surface area contributed by atoms with Gasteiger partial charge in [-0.2, -0.15) is 0 Å². The largest absolute Gasteiger partial charge is 0.481 e. The van der Waals surface area contributed by atoms with E-state index in [1.807, 2.05) is 0 Å². The molecule has 1 aromatic heterocycles. The normalized spacial score (nSPS) is 20.9. The molecule has 1 atom stereocenters. The lowest BCUT2D eigenvalue weighted by Crippen LogP contribution is -2.15. The van der Waals surface area contributed by atoms with Crippen LogP contribution in [0.25, 0.3) is 0 Å². The third-order valence-corrected chi connectivity index (χ3v) is 2.67. The van der Waals surface area contributed by atoms with E-state index >= 15 is 0 Å². The second kappa shape index (κ2) is 5.12. The topological polar surface area (TPSA) is 72.6 Å². The van der Waals surface area contributed by atoms with E-state index in [2.05, 4.69) is 4.98 Å². The fraction of sp³-hybridized carbons (Fsp3) is 0.636. The van der Waals surface area contributed by atoms with Crippen LogP contribution in [0.3, 0.4) is 0 Å². The van der Waals surface area contributed by atoms with Crippen molar-refractivity contribution in [1.29, 1.82) is 0 Å². The van der Waals surface area contributed by atoms with Crippen LogP contribution in [-0.4, -0.2) is 29.3 Å². The molecule has 1 aliphatic heterocycles. The minimum absolute atomic E-state index is 0.0904. The predicted molar refractivity (Wildman–Crippen MR) is 55.3 cm³/mol. The predicted octanol–water partition coefficient (Wildman–Crippen LogP) is 1.59. The first-order chi connectivity index (χ1) is 7.75. The van der Waals surface area contributed by atoms with Gasteiger partial charge in [-0.05, 0) is 12.8 Å². The average Bonchev–Trinajstić information content (AvgIpc) is 2.76. The number of carboxylic acid groups (broad SMARTS) is 1. The van der Waals surface area contributed by atoms with Crippen molar-refractivity contribution >= 4 is 5.97 Å². The van der Waals surface area contributed by atoms with Crippen LogP contribution in [0.2, 0.25) is 0 Å². The highest BCUT2D eigenvalue weighted by atomic mass is 16.5. The maximum atomic E-state index is 10.4. The maximum Gasteiger partial charge on any atom is 0.303 e. The molecule has 88 valence electrons. The van der Waals surface area contributed by atoms with Crippen molar-refractivity contribution < 1.29 is 19.1 Å². The SMILES string of the molecule is O=C(O)CCc1coc(C2CCCOC2)n1. The molecule has 0 amide bonds. The highest BCUT2D eigenvalue weighted by molar-refractivity contribution is 5.66. The molecule has 16 heavy (non-hydrogen) atoms. The zero-order chi connectivity index (χ0) is 11.4. The average molecular weight is 225 g/mol. The Hall–Kier alpha value is -1.36. The molecule has 1 N–H and O–H groups in total. The molecule has 0 saturated carbocycles. The first-order valence-electron chi connectivity index (χ1n) is 5.49. The molecule has 0 aliphatic carbocycles. The second-order valence-corrected chi connectivity index (χ2v) is 3.98. The number of aliphatic carboxylic acids is 1. The van der Waals surface area contributed by atoms with Gasteiger partial charge in [-0.25, -0.2) is 4.98 Å². The van der Waals surface area contributed by atoms with E-state index in [1.54, 1.807) is 6.26 Å². The van der Waals surface area contributed by atoms with E-state index in [0.29, 0.717) is 24.6 Å². The summed E-state index contributed by atoms with van der Waals surface area (Å²) in [5.74, 6) is 0.0953. The Balaban J connectivity index is 1.93. The molecule has 2 rings (SSSR count). The zero-order valence-electron chi connectivity index (χ0n) is 9.02. The summed E-state index contributed by atoms with van der Waals surface area (Å²) >= 11 is 0. The number of carbonyl (C=O) groups is 1. The third kappa shape index (κ3) is 2.82. The van der Waals surface area contributed by atoms with Gasteiger partial charge < -0.3 is 14.3 Å². The quantitative estimate of drug-likeness (QED) is 0.842. The zero-order valence-corrected chi connectivity index (χ0v) is 9.02. The molecular weight excluding hydrogens is 210 g/mol. The van der Waals surface area contributed by atoms with E-state index in [4.69, 9.17) is 14.3 Å². The van der Waals surface area contributed by atoms with E-state index in [0.717, 1.165) is 19.4 Å². The first kappa shape index (κ1) is 11.1. The number of nitrogens with zero attached hydrogens (tertiary/aromatic N) is 1. The van der Waals surface area contributed by atoms with Crippen LogP contribution in [0.15, 0.2) is 10.7 Å². The Morgan fingerprint density at radius 3 is 3.19 bits per heavy atom. The standard InChI is InChI=1S/C11H15NO4/c13-10(14)4-3-9-7-16-11(12-9)8-2-1-5-15-6-8/h7-8H,1-6H2,(H,13,14). The molecule has 0 radical (unpaired) electrons. The van der Waals surface area contributed by atoms with Gasteiger partial charge in [0.1, 0.15) is 6.26 Å². The number of aryl methyl sites for hydroxylation is 1. The summed E-state index contributed by atoms with van der Waals surface area (Å²) < 4.78 is 10.7. The van der Waals surface area contributed by atoms with E-state index < -0.39 is 5.97 Å². The van der Waals surface area contributed by atoms with E-state index in [9.17, 15) is 4.79 Å². The minimum Gasteiger partial charge on any atom is -0.481 e. The molecule has 1 fully saturated rings. The van der Waals surface area contributed by atoms with Gasteiger partial charge in [0.2, 0.25) is 0 Å². The number of oxazole rings is 1. The van der Waals surface area contributed by atoms with Gasteiger partial charge in [-0.3, -0.25) is 4.79 Å². The van der Waals surface area contributed by atoms with E-state index in [-0.39, 0.29) is 12.3 Å². The van der Waals surface area contributed by atoms with Gasteiger partial charge in [0.05, 0.1) is 24.6 Å². The Kier molecular flexibility index (Phi) is 3.56. The fourth-order valence-corrected chi connectivity index (χ4v) is 1.80. The van der Waals surface area contributed by atoms with Gasteiger partial charge in [-0.1, -0.05) is 0 Å². The molecule has 1 aliphatic rings. The Morgan fingerprint density at radius 2 is 2.50 bits per heavy atom. The van der Waals surface area contributed by atoms with Crippen LogP contribution in [0.1, 0.15) is 36.8 Å². The molecule has 5 nitrogen and oxygen atoms in total. The number of carboxylic acids is 1. The smallest absolute Gasteiger partial charge is 0.303 e. The molecule has 1 aromatic rings. The summed E-state index contributed by atoms with van der Waals surface area (Å²) in [5, 5.41) is 8.55. The molecule has 0 aromatic carbocycles. The monoisotopic (exact) mass is 225 g/mol. The summed E-state index contributed by atoms with van der Waals surface area (Å²) in [6.07, 6.45) is 4.11. The van der Waals surface area contributed by atoms with Gasteiger partial charge in [0.25, 0.3) is 0 Å². The molecule has 0 bridgehead atoms. The molecule has 5 heteroatoms. The van der Waals surface area contributed by atoms with Crippen LogP contribution in [0.5, 0.6) is 0 Å². The van der Waals surface area contributed by atoms with E-state index in [1.165, 1.54) is 0 Å². The second-order valence-electron chi connectivity index (χ2n) is 3.98. The lowest BCUT2D eigenvalue weighted by Gasteiger charge is -2.18. The number of aromatic nitrogens is 1. The van der Waals surface area contributed by atoms with Crippen molar-refractivity contribution in [3.8, 4) is 0 Å². The van der Waals surface area contributed by atoms with Gasteiger partial charge in [0, 0.05) is 13.0 Å². The van der Waals surface area contributed by atoms with Crippen LogP contribution >= 0.6 is 0 Å². The van der Waals surface area contributed by atoms with Crippen LogP contribution < -0.4 is 0 Å². The molecule has 1 saturated heterocycles. The lowest BCUT2D eigenvalue weighted by molar-refractivity contribution is -0.136. The fourth-order valence-electron chi connectivity index (χ4n) is 1.80. The molecule has 2 heterocycles. The number of hydrogen-bond acceptors (Lipinski definition) is 4. The Labute approximate surface area is 93.4 Å². The molecule has 1 unspecified atom stereocenters. The number of ether oxygens (including phenoxy) is 1. The van der Waals surface area contributed by atoms with Gasteiger partial charge in [0.15, 0.2) is 5.89 Å². The summed E-state index contributed by atoms with van der Waals surface area (Å²) in [4.78, 5) is 14.7. The Morgan fingerprint density at radius 1 is 1.62 bits per heavy atom. The summed E-state index contributed by atoms with van der Waals surface area (Å²) in [5.41, 5.74) is 0.711. The molecule has 0 spiro atoms. The maximum absolute atomic E-state index is 10.4. The molecular formula is C11H15NO4.